The Balaban J connectivity index is 1.82. The fourth-order valence-corrected chi connectivity index (χ4v) is 2.64. The van der Waals surface area contributed by atoms with Crippen LogP contribution >= 0.6 is 0 Å². The smallest absolute Gasteiger partial charge is 0.239 e. The molecule has 4 nitrogen and oxygen atoms in total. The van der Waals surface area contributed by atoms with Crippen molar-refractivity contribution in [2.45, 2.75) is 25.3 Å². The molecule has 20 heavy (non-hydrogen) atoms. The first-order valence-corrected chi connectivity index (χ1v) is 7.29. The number of rotatable bonds is 5. The first kappa shape index (κ1) is 15.0. The molecule has 2 N–H and O–H groups in total. The molecule has 1 fully saturated rings. The second-order valence-corrected chi connectivity index (χ2v) is 5.57. The van der Waals surface area contributed by atoms with Crippen LogP contribution in [0.5, 0.6) is 0 Å². The summed E-state index contributed by atoms with van der Waals surface area (Å²) in [4.78, 5) is 14.1. The van der Waals surface area contributed by atoms with Crippen molar-refractivity contribution in [2.75, 3.05) is 26.8 Å². The van der Waals surface area contributed by atoms with Crippen LogP contribution in [0.2, 0.25) is 0 Å². The Kier molecular flexibility index (Phi) is 5.56. The number of carbonyl (C=O) groups is 1. The standard InChI is InChI=1S/C16H24N2O2/c1-18(12-14-7-9-20-10-8-14)16(19)15(17)11-13-5-3-2-4-6-13/h2-6,14-15H,7-12,17H2,1H3/t15-/m1/s1. The summed E-state index contributed by atoms with van der Waals surface area (Å²) >= 11 is 0. The SMILES string of the molecule is CN(CC1CCOCC1)C(=O)[C@H](N)Cc1ccccc1. The van der Waals surface area contributed by atoms with Crippen molar-refractivity contribution < 1.29 is 9.53 Å². The van der Waals surface area contributed by atoms with Crippen LogP contribution in [-0.4, -0.2) is 43.7 Å². The number of likely N-dealkylation sites (N-methyl/N-ethyl adjacent to an activating group) is 1. The van der Waals surface area contributed by atoms with Crippen molar-refractivity contribution in [3.63, 3.8) is 0 Å². The van der Waals surface area contributed by atoms with Gasteiger partial charge < -0.3 is 15.4 Å². The van der Waals surface area contributed by atoms with E-state index in [-0.39, 0.29) is 5.91 Å². The molecule has 2 rings (SSSR count). The van der Waals surface area contributed by atoms with Crippen LogP contribution in [0.25, 0.3) is 0 Å². The van der Waals surface area contributed by atoms with Crippen molar-refractivity contribution in [1.29, 1.82) is 0 Å². The number of carbonyl (C=O) groups excluding carboxylic acids is 1. The normalized spacial score (nSPS) is 17.7. The molecule has 0 aromatic heterocycles. The highest BCUT2D eigenvalue weighted by atomic mass is 16.5. The van der Waals surface area contributed by atoms with Crippen LogP contribution in [-0.2, 0) is 16.0 Å². The average Bonchev–Trinajstić information content (AvgIpc) is 2.48. The van der Waals surface area contributed by atoms with Gasteiger partial charge in [0.1, 0.15) is 0 Å². The first-order chi connectivity index (χ1) is 9.66. The van der Waals surface area contributed by atoms with E-state index in [1.165, 1.54) is 0 Å². The van der Waals surface area contributed by atoms with E-state index in [4.69, 9.17) is 10.5 Å². The third-order valence-electron chi connectivity index (χ3n) is 3.86. The van der Waals surface area contributed by atoms with E-state index in [2.05, 4.69) is 0 Å². The molecule has 110 valence electrons. The number of hydrogen-bond acceptors (Lipinski definition) is 3. The van der Waals surface area contributed by atoms with Crippen LogP contribution in [0.3, 0.4) is 0 Å². The first-order valence-electron chi connectivity index (χ1n) is 7.29. The molecule has 4 heteroatoms. The lowest BCUT2D eigenvalue weighted by Crippen LogP contribution is -2.45. The van der Waals surface area contributed by atoms with Crippen LogP contribution in [0, 0.1) is 5.92 Å². The summed E-state index contributed by atoms with van der Waals surface area (Å²) in [6, 6.07) is 9.46. The average molecular weight is 276 g/mol. The molecule has 1 aromatic carbocycles. The highest BCUT2D eigenvalue weighted by Gasteiger charge is 2.22. The van der Waals surface area contributed by atoms with Crippen molar-refractivity contribution >= 4 is 5.91 Å². The topological polar surface area (TPSA) is 55.6 Å². The minimum Gasteiger partial charge on any atom is -0.381 e. The third-order valence-corrected chi connectivity index (χ3v) is 3.86. The van der Waals surface area contributed by atoms with Crippen LogP contribution in [0.4, 0.5) is 0 Å². The fourth-order valence-electron chi connectivity index (χ4n) is 2.64. The molecule has 0 aliphatic carbocycles. The molecular formula is C16H24N2O2. The zero-order chi connectivity index (χ0) is 14.4. The predicted octanol–water partition coefficient (Wildman–Crippen LogP) is 1.44. The van der Waals surface area contributed by atoms with Crippen molar-refractivity contribution in [2.24, 2.45) is 11.7 Å². The van der Waals surface area contributed by atoms with Gasteiger partial charge in [-0.05, 0) is 30.7 Å². The van der Waals surface area contributed by atoms with Gasteiger partial charge in [0.05, 0.1) is 6.04 Å². The van der Waals surface area contributed by atoms with Gasteiger partial charge in [-0.2, -0.15) is 0 Å². The quantitative estimate of drug-likeness (QED) is 0.885. The molecule has 0 bridgehead atoms. The van der Waals surface area contributed by atoms with Crippen molar-refractivity contribution in [1.82, 2.24) is 4.90 Å². The summed E-state index contributed by atoms with van der Waals surface area (Å²) in [5.41, 5.74) is 7.14. The van der Waals surface area contributed by atoms with Crippen LogP contribution in [0.1, 0.15) is 18.4 Å². The van der Waals surface area contributed by atoms with E-state index >= 15 is 0 Å². The van der Waals surface area contributed by atoms with E-state index in [0.29, 0.717) is 12.3 Å². The van der Waals surface area contributed by atoms with Crippen molar-refractivity contribution in [3.8, 4) is 0 Å². The maximum Gasteiger partial charge on any atom is 0.239 e. The second-order valence-electron chi connectivity index (χ2n) is 5.57. The lowest BCUT2D eigenvalue weighted by Gasteiger charge is -2.28. The van der Waals surface area contributed by atoms with E-state index in [1.54, 1.807) is 4.90 Å². The van der Waals surface area contributed by atoms with Crippen LogP contribution in [0.15, 0.2) is 30.3 Å². The third kappa shape index (κ3) is 4.32. The maximum absolute atomic E-state index is 12.3. The molecule has 1 aromatic rings. The van der Waals surface area contributed by atoms with Gasteiger partial charge in [-0.3, -0.25) is 4.79 Å². The Morgan fingerprint density at radius 3 is 2.65 bits per heavy atom. The number of nitrogens with two attached hydrogens (primary N) is 1. The minimum atomic E-state index is -0.456. The lowest BCUT2D eigenvalue weighted by atomic mass is 9.99. The molecule has 1 atom stereocenters. The highest BCUT2D eigenvalue weighted by molar-refractivity contribution is 5.81. The Morgan fingerprint density at radius 1 is 1.35 bits per heavy atom. The molecule has 1 aliphatic rings. The predicted molar refractivity (Wildman–Crippen MR) is 79.3 cm³/mol. The van der Waals surface area contributed by atoms with E-state index in [0.717, 1.165) is 38.2 Å². The molecule has 0 unspecified atom stereocenters. The number of ether oxygens (including phenoxy) is 1. The monoisotopic (exact) mass is 276 g/mol. The highest BCUT2D eigenvalue weighted by Crippen LogP contribution is 2.16. The maximum atomic E-state index is 12.3. The van der Waals surface area contributed by atoms with Crippen LogP contribution < -0.4 is 5.73 Å². The minimum absolute atomic E-state index is 0.0281. The largest absolute Gasteiger partial charge is 0.381 e. The van der Waals surface area contributed by atoms with E-state index < -0.39 is 6.04 Å². The van der Waals surface area contributed by atoms with Gasteiger partial charge in [0, 0.05) is 26.8 Å². The number of benzene rings is 1. The number of hydrogen-bond donors (Lipinski definition) is 1. The Labute approximate surface area is 120 Å². The Bertz CT molecular complexity index is 416. The van der Waals surface area contributed by atoms with Gasteiger partial charge in [-0.15, -0.1) is 0 Å². The molecule has 1 heterocycles. The molecule has 1 amide bonds. The molecule has 0 saturated carbocycles. The summed E-state index contributed by atoms with van der Waals surface area (Å²) in [6.07, 6.45) is 2.66. The number of amides is 1. The summed E-state index contributed by atoms with van der Waals surface area (Å²) in [5, 5.41) is 0. The fraction of sp³-hybridized carbons (Fsp3) is 0.562. The van der Waals surface area contributed by atoms with Gasteiger partial charge in [-0.25, -0.2) is 0 Å². The molecule has 0 radical (unpaired) electrons. The summed E-state index contributed by atoms with van der Waals surface area (Å²) in [5.74, 6) is 0.571. The summed E-state index contributed by atoms with van der Waals surface area (Å²) in [6.45, 7) is 2.40. The van der Waals surface area contributed by atoms with Crippen molar-refractivity contribution in [3.05, 3.63) is 35.9 Å². The Hall–Kier alpha value is -1.39. The summed E-state index contributed by atoms with van der Waals surface area (Å²) < 4.78 is 5.34. The molecular weight excluding hydrogens is 252 g/mol. The van der Waals surface area contributed by atoms with E-state index in [9.17, 15) is 4.79 Å². The van der Waals surface area contributed by atoms with Gasteiger partial charge in [0.25, 0.3) is 0 Å². The number of nitrogens with zero attached hydrogens (tertiary/aromatic N) is 1. The van der Waals surface area contributed by atoms with E-state index in [1.807, 2.05) is 37.4 Å². The second kappa shape index (κ2) is 7.41. The van der Waals surface area contributed by atoms with Gasteiger partial charge in [0.2, 0.25) is 5.91 Å². The zero-order valence-electron chi connectivity index (χ0n) is 12.1. The van der Waals surface area contributed by atoms with Gasteiger partial charge in [0.15, 0.2) is 0 Å². The zero-order valence-corrected chi connectivity index (χ0v) is 12.1. The molecule has 1 aliphatic heterocycles. The lowest BCUT2D eigenvalue weighted by molar-refractivity contribution is -0.132. The van der Waals surface area contributed by atoms with Gasteiger partial charge in [-0.1, -0.05) is 30.3 Å². The van der Waals surface area contributed by atoms with Gasteiger partial charge >= 0.3 is 0 Å². The molecule has 1 saturated heterocycles. The Morgan fingerprint density at radius 2 is 2.00 bits per heavy atom. The summed E-state index contributed by atoms with van der Waals surface area (Å²) in [7, 11) is 1.85. The molecule has 0 spiro atoms.